The molecule has 176 valence electrons. The summed E-state index contributed by atoms with van der Waals surface area (Å²) in [6.07, 6.45) is 0. The van der Waals surface area contributed by atoms with Gasteiger partial charge in [-0.2, -0.15) is 10.1 Å². The number of aryl methyl sites for hydroxylation is 2. The molecular formula is C24H26ClN7O2. The van der Waals surface area contributed by atoms with Gasteiger partial charge in [0.15, 0.2) is 5.82 Å². The lowest BCUT2D eigenvalue weighted by molar-refractivity contribution is -0.116. The van der Waals surface area contributed by atoms with E-state index in [2.05, 4.69) is 25.9 Å². The first-order valence-electron chi connectivity index (χ1n) is 10.8. The Morgan fingerprint density at radius 3 is 2.59 bits per heavy atom. The third-order valence-electron chi connectivity index (χ3n) is 5.11. The number of hydrogen-bond acceptors (Lipinski definition) is 7. The van der Waals surface area contributed by atoms with E-state index in [-0.39, 0.29) is 30.2 Å². The predicted molar refractivity (Wildman–Crippen MR) is 134 cm³/mol. The summed E-state index contributed by atoms with van der Waals surface area (Å²) in [7, 11) is 0. The monoisotopic (exact) mass is 479 g/mol. The van der Waals surface area contributed by atoms with Crippen molar-refractivity contribution in [3.05, 3.63) is 58.6 Å². The van der Waals surface area contributed by atoms with Crippen molar-refractivity contribution in [3.63, 3.8) is 0 Å². The van der Waals surface area contributed by atoms with E-state index in [9.17, 15) is 4.79 Å². The number of nitrogens with zero attached hydrogens (tertiary/aromatic N) is 4. The lowest BCUT2D eigenvalue weighted by atomic mass is 10.1. The molecule has 0 saturated carbocycles. The molecule has 4 aromatic rings. The maximum Gasteiger partial charge on any atom is 0.265 e. The number of benzene rings is 2. The van der Waals surface area contributed by atoms with Gasteiger partial charge < -0.3 is 20.9 Å². The van der Waals surface area contributed by atoms with E-state index in [0.717, 1.165) is 22.4 Å². The highest BCUT2D eigenvalue weighted by Gasteiger charge is 2.24. The molecule has 1 amide bonds. The summed E-state index contributed by atoms with van der Waals surface area (Å²) in [6, 6.07) is 13.0. The Labute approximate surface area is 202 Å². The Hall–Kier alpha value is -3.85. The smallest absolute Gasteiger partial charge is 0.265 e. The fourth-order valence-electron chi connectivity index (χ4n) is 3.50. The first-order valence-corrected chi connectivity index (χ1v) is 11.2. The van der Waals surface area contributed by atoms with E-state index in [1.54, 1.807) is 24.3 Å². The maximum atomic E-state index is 12.8. The van der Waals surface area contributed by atoms with Crippen LogP contribution in [-0.2, 0) is 11.3 Å². The van der Waals surface area contributed by atoms with Gasteiger partial charge >= 0.3 is 0 Å². The topological polar surface area (TPSA) is 124 Å². The molecule has 0 fully saturated rings. The number of nitrogens with one attached hydrogen (secondary N) is 2. The van der Waals surface area contributed by atoms with Crippen molar-refractivity contribution in [2.45, 2.75) is 40.3 Å². The summed E-state index contributed by atoms with van der Waals surface area (Å²) in [5.74, 6) is 1.04. The Balaban J connectivity index is 1.63. The molecule has 9 nitrogen and oxygen atoms in total. The van der Waals surface area contributed by atoms with Crippen LogP contribution in [0, 0.1) is 13.8 Å². The molecule has 2 heterocycles. The van der Waals surface area contributed by atoms with Crippen LogP contribution in [0.4, 0.5) is 17.3 Å². The average molecular weight is 480 g/mol. The van der Waals surface area contributed by atoms with Gasteiger partial charge in [-0.15, -0.1) is 0 Å². The third-order valence-corrected chi connectivity index (χ3v) is 5.36. The molecule has 4 N–H and O–H groups in total. The third kappa shape index (κ3) is 5.04. The predicted octanol–water partition coefficient (Wildman–Crippen LogP) is 4.91. The van der Waals surface area contributed by atoms with E-state index < -0.39 is 0 Å². The minimum absolute atomic E-state index is 0.0594. The zero-order valence-electron chi connectivity index (χ0n) is 19.4. The van der Waals surface area contributed by atoms with Crippen molar-refractivity contribution in [3.8, 4) is 22.8 Å². The Kier molecular flexibility index (Phi) is 6.56. The van der Waals surface area contributed by atoms with Crippen molar-refractivity contribution < 1.29 is 9.32 Å². The van der Waals surface area contributed by atoms with Crippen molar-refractivity contribution in [2.24, 2.45) is 0 Å². The van der Waals surface area contributed by atoms with Gasteiger partial charge in [0.25, 0.3) is 5.89 Å². The maximum absolute atomic E-state index is 12.8. The molecule has 0 atom stereocenters. The molecule has 2 aromatic carbocycles. The molecule has 0 aliphatic heterocycles. The number of anilines is 3. The van der Waals surface area contributed by atoms with Crippen LogP contribution in [0.1, 0.15) is 25.0 Å². The van der Waals surface area contributed by atoms with Crippen LogP contribution in [0.15, 0.2) is 47.0 Å². The Bertz CT molecular complexity index is 1330. The number of amides is 1. The van der Waals surface area contributed by atoms with Gasteiger partial charge in [-0.1, -0.05) is 34.5 Å². The van der Waals surface area contributed by atoms with Crippen molar-refractivity contribution >= 4 is 34.8 Å². The highest BCUT2D eigenvalue weighted by molar-refractivity contribution is 6.30. The molecule has 0 saturated heterocycles. The molecule has 0 aliphatic carbocycles. The summed E-state index contributed by atoms with van der Waals surface area (Å²) in [6.45, 7) is 7.81. The number of carbonyl (C=O) groups is 1. The number of rotatable bonds is 7. The summed E-state index contributed by atoms with van der Waals surface area (Å²) < 4.78 is 6.93. The second kappa shape index (κ2) is 9.56. The van der Waals surface area contributed by atoms with Crippen LogP contribution >= 0.6 is 11.6 Å². The van der Waals surface area contributed by atoms with Gasteiger partial charge in [0.1, 0.15) is 17.9 Å². The Morgan fingerprint density at radius 2 is 1.91 bits per heavy atom. The molecule has 2 aromatic heterocycles. The van der Waals surface area contributed by atoms with E-state index in [1.165, 1.54) is 4.68 Å². The van der Waals surface area contributed by atoms with Crippen molar-refractivity contribution in [1.82, 2.24) is 19.9 Å². The number of nitrogen functional groups attached to an aromatic ring is 1. The van der Waals surface area contributed by atoms with Gasteiger partial charge in [-0.05, 0) is 63.6 Å². The first-order chi connectivity index (χ1) is 16.2. The highest BCUT2D eigenvalue weighted by atomic mass is 35.5. The quantitative estimate of drug-likeness (QED) is 0.344. The number of carbonyl (C=O) groups excluding carboxylic acids is 1. The lowest BCUT2D eigenvalue weighted by Crippen LogP contribution is -2.21. The number of hydrogen-bond donors (Lipinski definition) is 3. The fourth-order valence-corrected chi connectivity index (χ4v) is 3.63. The van der Waals surface area contributed by atoms with Crippen molar-refractivity contribution in [2.75, 3.05) is 16.4 Å². The van der Waals surface area contributed by atoms with E-state index in [1.807, 2.05) is 45.9 Å². The van der Waals surface area contributed by atoms with E-state index in [4.69, 9.17) is 21.9 Å². The largest absolute Gasteiger partial charge is 0.383 e. The first kappa shape index (κ1) is 23.3. The second-order valence-electron chi connectivity index (χ2n) is 8.36. The molecule has 34 heavy (non-hydrogen) atoms. The molecule has 0 aliphatic rings. The van der Waals surface area contributed by atoms with Gasteiger partial charge in [0, 0.05) is 22.3 Å². The van der Waals surface area contributed by atoms with Crippen LogP contribution in [0.2, 0.25) is 5.02 Å². The SMILES string of the molecule is Cc1ccc(NC(=O)Cn2nc(NC(C)C)c(-c3nc(-c4ccc(Cl)cc4)no3)c2N)c(C)c1. The van der Waals surface area contributed by atoms with Crippen LogP contribution in [0.5, 0.6) is 0 Å². The van der Waals surface area contributed by atoms with Crippen LogP contribution in [-0.4, -0.2) is 31.9 Å². The van der Waals surface area contributed by atoms with Gasteiger partial charge in [0.05, 0.1) is 0 Å². The molecule has 10 heteroatoms. The minimum atomic E-state index is -0.254. The van der Waals surface area contributed by atoms with Gasteiger partial charge in [-0.3, -0.25) is 4.79 Å². The van der Waals surface area contributed by atoms with Crippen LogP contribution in [0.25, 0.3) is 22.8 Å². The van der Waals surface area contributed by atoms with E-state index in [0.29, 0.717) is 22.2 Å². The Morgan fingerprint density at radius 1 is 1.18 bits per heavy atom. The van der Waals surface area contributed by atoms with Crippen LogP contribution < -0.4 is 16.4 Å². The fraction of sp³-hybridized carbons (Fsp3) is 0.250. The standard InChI is InChI=1S/C24H26ClN7O2/c1-13(2)27-23-20(24-29-22(31-34-24)16-6-8-17(25)9-7-16)21(26)32(30-23)12-19(33)28-18-10-5-14(3)11-15(18)4/h5-11,13H,12,26H2,1-4H3,(H,27,30)(H,28,33). The summed E-state index contributed by atoms with van der Waals surface area (Å²) >= 11 is 5.97. The average Bonchev–Trinajstić information content (AvgIpc) is 3.35. The van der Waals surface area contributed by atoms with Gasteiger partial charge in [-0.25, -0.2) is 4.68 Å². The normalized spacial score (nSPS) is 11.1. The molecule has 0 spiro atoms. The molecule has 4 rings (SSSR count). The molecule has 0 unspecified atom stereocenters. The number of nitrogens with two attached hydrogens (primary N) is 1. The zero-order chi connectivity index (χ0) is 24.4. The summed E-state index contributed by atoms with van der Waals surface area (Å²) in [5.41, 5.74) is 10.4. The molecule has 0 bridgehead atoms. The molecular weight excluding hydrogens is 454 g/mol. The minimum Gasteiger partial charge on any atom is -0.383 e. The van der Waals surface area contributed by atoms with Crippen molar-refractivity contribution in [1.29, 1.82) is 0 Å². The zero-order valence-corrected chi connectivity index (χ0v) is 20.1. The second-order valence-corrected chi connectivity index (χ2v) is 8.80. The summed E-state index contributed by atoms with van der Waals surface area (Å²) in [5, 5.41) is 15.3. The summed E-state index contributed by atoms with van der Waals surface area (Å²) in [4.78, 5) is 17.3. The number of aromatic nitrogens is 4. The van der Waals surface area contributed by atoms with Crippen LogP contribution in [0.3, 0.4) is 0 Å². The van der Waals surface area contributed by atoms with Gasteiger partial charge in [0.2, 0.25) is 11.7 Å². The number of halogens is 1. The van der Waals surface area contributed by atoms with E-state index >= 15 is 0 Å². The lowest BCUT2D eigenvalue weighted by Gasteiger charge is -2.10. The highest BCUT2D eigenvalue weighted by Crippen LogP contribution is 2.34. The molecule has 0 radical (unpaired) electrons.